The van der Waals surface area contributed by atoms with Crippen LogP contribution >= 0.6 is 22.7 Å². The molecule has 266 valence electrons. The van der Waals surface area contributed by atoms with Gasteiger partial charge in [-0.3, -0.25) is 0 Å². The van der Waals surface area contributed by atoms with E-state index in [0.717, 1.165) is 39.0 Å². The Morgan fingerprint density at radius 1 is 0.333 bits per heavy atom. The summed E-state index contributed by atoms with van der Waals surface area (Å²) in [5, 5.41) is 7.48. The number of thiophene rings is 2. The highest BCUT2D eigenvalue weighted by molar-refractivity contribution is 7.26. The van der Waals surface area contributed by atoms with Gasteiger partial charge in [-0.1, -0.05) is 127 Å². The third kappa shape index (κ3) is 5.22. The van der Waals surface area contributed by atoms with Crippen molar-refractivity contribution in [3.8, 4) is 51.0 Å². The van der Waals surface area contributed by atoms with Gasteiger partial charge in [-0.25, -0.2) is 15.0 Å². The van der Waals surface area contributed by atoms with E-state index in [1.807, 2.05) is 40.9 Å². The minimum Gasteiger partial charge on any atom is -0.308 e. The van der Waals surface area contributed by atoms with E-state index in [2.05, 4.69) is 168 Å². The van der Waals surface area contributed by atoms with Crippen molar-refractivity contribution in [3.63, 3.8) is 0 Å². The highest BCUT2D eigenvalue weighted by Crippen LogP contribution is 2.44. The van der Waals surface area contributed by atoms with Gasteiger partial charge in [0.1, 0.15) is 0 Å². The summed E-state index contributed by atoms with van der Waals surface area (Å²) >= 11 is 3.68. The number of benzene rings is 8. The Morgan fingerprint density at radius 3 is 1.67 bits per heavy atom. The third-order valence-corrected chi connectivity index (χ3v) is 13.4. The Balaban J connectivity index is 1.14. The molecular weight excluding hydrogens is 733 g/mol. The molecule has 0 bridgehead atoms. The predicted molar refractivity (Wildman–Crippen MR) is 242 cm³/mol. The van der Waals surface area contributed by atoms with Gasteiger partial charge in [0.2, 0.25) is 0 Å². The number of para-hydroxylation sites is 1. The normalized spacial score (nSPS) is 11.9. The Bertz CT molecular complexity index is 3530. The lowest BCUT2D eigenvalue weighted by atomic mass is 10.0. The molecule has 12 rings (SSSR count). The van der Waals surface area contributed by atoms with Gasteiger partial charge < -0.3 is 4.57 Å². The number of hydrogen-bond acceptors (Lipinski definition) is 5. The summed E-state index contributed by atoms with van der Waals surface area (Å²) in [6.07, 6.45) is 0. The smallest absolute Gasteiger partial charge is 0.164 e. The molecule has 12 aromatic rings. The average Bonchev–Trinajstić information content (AvgIpc) is 3.96. The van der Waals surface area contributed by atoms with Crippen LogP contribution in [0.1, 0.15) is 0 Å². The zero-order valence-electron chi connectivity index (χ0n) is 30.4. The van der Waals surface area contributed by atoms with Gasteiger partial charge >= 0.3 is 0 Å². The van der Waals surface area contributed by atoms with Crippen molar-refractivity contribution in [3.05, 3.63) is 182 Å². The monoisotopic (exact) mass is 762 g/mol. The molecule has 0 atom stereocenters. The summed E-state index contributed by atoms with van der Waals surface area (Å²) in [7, 11) is 0. The number of aromatic nitrogens is 4. The van der Waals surface area contributed by atoms with E-state index in [0.29, 0.717) is 17.5 Å². The summed E-state index contributed by atoms with van der Waals surface area (Å²) < 4.78 is 7.54. The van der Waals surface area contributed by atoms with E-state index in [4.69, 9.17) is 15.0 Å². The zero-order valence-corrected chi connectivity index (χ0v) is 32.1. The number of nitrogens with zero attached hydrogens (tertiary/aromatic N) is 4. The summed E-state index contributed by atoms with van der Waals surface area (Å²) in [4.78, 5) is 15.7. The first-order chi connectivity index (χ1) is 28.2. The first kappa shape index (κ1) is 32.3. The molecule has 6 heteroatoms. The van der Waals surface area contributed by atoms with Crippen molar-refractivity contribution in [2.75, 3.05) is 0 Å². The van der Waals surface area contributed by atoms with E-state index in [9.17, 15) is 0 Å². The van der Waals surface area contributed by atoms with E-state index in [1.54, 1.807) is 0 Å². The number of fused-ring (bicyclic) bond motifs is 10. The van der Waals surface area contributed by atoms with Crippen LogP contribution in [0.15, 0.2) is 182 Å². The molecule has 0 aliphatic rings. The van der Waals surface area contributed by atoms with Crippen LogP contribution < -0.4 is 0 Å². The van der Waals surface area contributed by atoms with E-state index in [1.165, 1.54) is 56.6 Å². The van der Waals surface area contributed by atoms with Crippen molar-refractivity contribution in [2.45, 2.75) is 0 Å². The van der Waals surface area contributed by atoms with Gasteiger partial charge in [0, 0.05) is 68.8 Å². The number of hydrogen-bond donors (Lipinski definition) is 0. The maximum absolute atomic E-state index is 5.31. The second kappa shape index (κ2) is 12.8. The van der Waals surface area contributed by atoms with Gasteiger partial charge in [0.05, 0.1) is 15.7 Å². The molecule has 0 N–H and O–H groups in total. The van der Waals surface area contributed by atoms with Crippen molar-refractivity contribution in [1.29, 1.82) is 0 Å². The summed E-state index contributed by atoms with van der Waals surface area (Å²) in [6.45, 7) is 0. The van der Waals surface area contributed by atoms with Crippen LogP contribution in [0.4, 0.5) is 0 Å². The van der Waals surface area contributed by atoms with Gasteiger partial charge in [0.15, 0.2) is 17.5 Å². The highest BCUT2D eigenvalue weighted by Gasteiger charge is 2.20. The summed E-state index contributed by atoms with van der Waals surface area (Å²) in [5.41, 5.74) is 8.46. The van der Waals surface area contributed by atoms with Crippen LogP contribution in [-0.4, -0.2) is 19.5 Å². The summed E-state index contributed by atoms with van der Waals surface area (Å²) in [5.74, 6) is 1.91. The van der Waals surface area contributed by atoms with Crippen LogP contribution in [0.5, 0.6) is 0 Å². The molecule has 0 saturated carbocycles. The molecule has 4 heterocycles. The molecule has 8 aromatic carbocycles. The molecule has 0 aliphatic heterocycles. The fourth-order valence-corrected chi connectivity index (χ4v) is 10.7. The average molecular weight is 763 g/mol. The van der Waals surface area contributed by atoms with Gasteiger partial charge in [-0.2, -0.15) is 0 Å². The molecule has 4 nitrogen and oxygen atoms in total. The van der Waals surface area contributed by atoms with Crippen molar-refractivity contribution < 1.29 is 0 Å². The molecule has 0 aliphatic carbocycles. The lowest BCUT2D eigenvalue weighted by molar-refractivity contribution is 1.07. The molecule has 4 aromatic heterocycles. The predicted octanol–water partition coefficient (Wildman–Crippen LogP) is 14.4. The molecule has 0 unspecified atom stereocenters. The summed E-state index contributed by atoms with van der Waals surface area (Å²) in [6, 6.07) is 64.9. The fourth-order valence-electron chi connectivity index (χ4n) is 8.38. The molecule has 0 fully saturated rings. The van der Waals surface area contributed by atoms with Gasteiger partial charge in [-0.05, 0) is 65.7 Å². The molecular formula is C51H30N4S2. The second-order valence-electron chi connectivity index (χ2n) is 14.4. The van der Waals surface area contributed by atoms with Crippen molar-refractivity contribution in [2.24, 2.45) is 0 Å². The van der Waals surface area contributed by atoms with Crippen LogP contribution in [0.25, 0.3) is 113 Å². The standard InChI is InChI=1S/C51H30N4S2/c1-3-13-31(14-4-1)34-27-35(29-36(28-34)55-43-20-10-7-17-37(43)40-24-25-41-38-18-8-12-22-45(38)57-48(41)47(40)55)51-53-49(32-15-5-2-6-16-32)52-50(54-51)33-23-26-46-42(30-33)39-19-9-11-21-44(39)56-46/h1-30H. The Morgan fingerprint density at radius 2 is 0.895 bits per heavy atom. The van der Waals surface area contributed by atoms with E-state index >= 15 is 0 Å². The van der Waals surface area contributed by atoms with Gasteiger partial charge in [0.25, 0.3) is 0 Å². The fraction of sp³-hybridized carbons (Fsp3) is 0. The van der Waals surface area contributed by atoms with Crippen LogP contribution in [0.2, 0.25) is 0 Å². The van der Waals surface area contributed by atoms with Crippen molar-refractivity contribution >= 4 is 84.8 Å². The lowest BCUT2D eigenvalue weighted by Gasteiger charge is -2.15. The topological polar surface area (TPSA) is 43.6 Å². The second-order valence-corrected chi connectivity index (χ2v) is 16.5. The number of rotatable bonds is 5. The Kier molecular flexibility index (Phi) is 7.24. The quantitative estimate of drug-likeness (QED) is 0.175. The van der Waals surface area contributed by atoms with Gasteiger partial charge in [-0.15, -0.1) is 22.7 Å². The van der Waals surface area contributed by atoms with Crippen molar-refractivity contribution in [1.82, 2.24) is 19.5 Å². The van der Waals surface area contributed by atoms with E-state index < -0.39 is 0 Å². The molecule has 57 heavy (non-hydrogen) atoms. The van der Waals surface area contributed by atoms with Crippen LogP contribution in [0, 0.1) is 0 Å². The lowest BCUT2D eigenvalue weighted by Crippen LogP contribution is -2.02. The molecule has 0 spiro atoms. The molecule has 0 radical (unpaired) electrons. The Labute approximate surface area is 335 Å². The highest BCUT2D eigenvalue weighted by atomic mass is 32.1. The largest absolute Gasteiger partial charge is 0.308 e. The Hall–Kier alpha value is -6.99. The van der Waals surface area contributed by atoms with Crippen LogP contribution in [0.3, 0.4) is 0 Å². The van der Waals surface area contributed by atoms with Crippen LogP contribution in [-0.2, 0) is 0 Å². The maximum atomic E-state index is 5.31. The first-order valence-electron chi connectivity index (χ1n) is 19.0. The minimum absolute atomic E-state index is 0.626. The zero-order chi connectivity index (χ0) is 37.5. The van der Waals surface area contributed by atoms with E-state index in [-0.39, 0.29) is 0 Å². The molecule has 0 saturated heterocycles. The third-order valence-electron chi connectivity index (χ3n) is 11.0. The SMILES string of the molecule is c1ccc(-c2cc(-c3nc(-c4ccccc4)nc(-c4ccc5sc6ccccc6c5c4)n3)cc(-n3c4ccccc4c4ccc5c6ccccc6sc5c43)c2)cc1. The first-order valence-corrected chi connectivity index (χ1v) is 20.6. The maximum Gasteiger partial charge on any atom is 0.164 e. The molecule has 0 amide bonds. The minimum atomic E-state index is 0.626.